The Hall–Kier alpha value is -2.92. The first kappa shape index (κ1) is 18.9. The van der Waals surface area contributed by atoms with Crippen molar-refractivity contribution in [3.05, 3.63) is 81.9 Å². The van der Waals surface area contributed by atoms with Crippen molar-refractivity contribution in [3.63, 3.8) is 0 Å². The highest BCUT2D eigenvalue weighted by Crippen LogP contribution is 2.25. The summed E-state index contributed by atoms with van der Waals surface area (Å²) in [4.78, 5) is 16.2. The van der Waals surface area contributed by atoms with Crippen molar-refractivity contribution in [1.29, 1.82) is 0 Å². The van der Waals surface area contributed by atoms with E-state index in [1.165, 1.54) is 0 Å². The molecule has 0 aliphatic carbocycles. The van der Waals surface area contributed by atoms with Crippen LogP contribution in [0.5, 0.6) is 5.75 Å². The van der Waals surface area contributed by atoms with Gasteiger partial charge in [0.2, 0.25) is 0 Å². The molecule has 0 bridgehead atoms. The molecule has 0 spiro atoms. The molecule has 0 aliphatic heterocycles. The number of allylic oxidation sites excluding steroid dienone is 1. The molecule has 2 heterocycles. The molecule has 0 amide bonds. The van der Waals surface area contributed by atoms with E-state index < -0.39 is 0 Å². The van der Waals surface area contributed by atoms with Crippen molar-refractivity contribution in [2.24, 2.45) is 0 Å². The molecule has 3 aromatic rings. The third-order valence-electron chi connectivity index (χ3n) is 4.29. The maximum absolute atomic E-state index is 12.2. The number of methoxy groups -OCH3 is 1. The van der Waals surface area contributed by atoms with Crippen molar-refractivity contribution < 1.29 is 9.53 Å². The molecule has 0 atom stereocenters. The summed E-state index contributed by atoms with van der Waals surface area (Å²) in [7, 11) is 1.63. The lowest BCUT2D eigenvalue weighted by molar-refractivity contribution is 0.104. The van der Waals surface area contributed by atoms with E-state index in [2.05, 4.69) is 10.1 Å². The fourth-order valence-corrected chi connectivity index (χ4v) is 2.93. The topological polar surface area (TPSA) is 57.0 Å². The lowest BCUT2D eigenvalue weighted by Crippen LogP contribution is -2.06. The quantitative estimate of drug-likeness (QED) is 0.466. The Morgan fingerprint density at radius 2 is 2.11 bits per heavy atom. The van der Waals surface area contributed by atoms with Gasteiger partial charge in [-0.05, 0) is 49.8 Å². The molecule has 0 radical (unpaired) electrons. The molecule has 138 valence electrons. The van der Waals surface area contributed by atoms with Crippen LogP contribution in [0.4, 0.5) is 0 Å². The second-order valence-electron chi connectivity index (χ2n) is 6.15. The Kier molecular flexibility index (Phi) is 5.72. The number of rotatable bonds is 6. The van der Waals surface area contributed by atoms with E-state index >= 15 is 0 Å². The minimum atomic E-state index is -0.0919. The maximum Gasteiger partial charge on any atom is 0.187 e. The van der Waals surface area contributed by atoms with Crippen LogP contribution in [0.2, 0.25) is 5.02 Å². The molecular formula is C21H20ClN3O2. The first-order valence-corrected chi connectivity index (χ1v) is 8.86. The van der Waals surface area contributed by atoms with Crippen molar-refractivity contribution in [1.82, 2.24) is 14.8 Å². The number of ketones is 1. The van der Waals surface area contributed by atoms with Crippen LogP contribution in [-0.2, 0) is 6.54 Å². The minimum absolute atomic E-state index is 0.0919. The summed E-state index contributed by atoms with van der Waals surface area (Å²) in [5.74, 6) is 0.667. The summed E-state index contributed by atoms with van der Waals surface area (Å²) < 4.78 is 7.32. The molecular weight excluding hydrogens is 362 g/mol. The smallest absolute Gasteiger partial charge is 0.187 e. The maximum atomic E-state index is 12.2. The van der Waals surface area contributed by atoms with Gasteiger partial charge in [-0.25, -0.2) is 0 Å². The molecule has 27 heavy (non-hydrogen) atoms. The van der Waals surface area contributed by atoms with Gasteiger partial charge in [0.25, 0.3) is 0 Å². The van der Waals surface area contributed by atoms with Gasteiger partial charge in [0.05, 0.1) is 30.1 Å². The van der Waals surface area contributed by atoms with Gasteiger partial charge in [0, 0.05) is 23.5 Å². The monoisotopic (exact) mass is 381 g/mol. The molecule has 0 aliphatic rings. The predicted octanol–water partition coefficient (Wildman–Crippen LogP) is 4.50. The number of aryl methyl sites for hydroxylation is 1. The summed E-state index contributed by atoms with van der Waals surface area (Å²) in [5.41, 5.74) is 4.11. The zero-order valence-electron chi connectivity index (χ0n) is 15.4. The summed E-state index contributed by atoms with van der Waals surface area (Å²) >= 11 is 6.24. The molecule has 6 heteroatoms. The number of hydrogen-bond donors (Lipinski definition) is 0. The summed E-state index contributed by atoms with van der Waals surface area (Å²) in [6.07, 6.45) is 6.52. The summed E-state index contributed by atoms with van der Waals surface area (Å²) in [6.45, 7) is 4.35. The molecule has 0 unspecified atom stereocenters. The number of carbonyl (C=O) groups is 1. The highest BCUT2D eigenvalue weighted by Gasteiger charge is 2.12. The highest BCUT2D eigenvalue weighted by atomic mass is 35.5. The third-order valence-corrected chi connectivity index (χ3v) is 4.84. The standard InChI is InChI=1S/C21H20ClN3O2/c1-14-21(22)15(2)25(24-14)13-18-11-16(7-9-20(18)27-3)6-8-19(26)17-5-4-10-23-12-17/h4-12H,13H2,1-3H3/b8-6+. The lowest BCUT2D eigenvalue weighted by atomic mass is 10.1. The van der Waals surface area contributed by atoms with Gasteiger partial charge in [0.15, 0.2) is 5.78 Å². The molecule has 2 aromatic heterocycles. The first-order chi connectivity index (χ1) is 13.0. The molecule has 0 saturated heterocycles. The molecule has 3 rings (SSSR count). The van der Waals surface area contributed by atoms with E-state index in [1.807, 2.05) is 36.7 Å². The average molecular weight is 382 g/mol. The SMILES string of the molecule is COc1ccc(/C=C/C(=O)c2cccnc2)cc1Cn1nc(C)c(Cl)c1C. The van der Waals surface area contributed by atoms with Gasteiger partial charge in [0.1, 0.15) is 5.75 Å². The van der Waals surface area contributed by atoms with Crippen molar-refractivity contribution in [3.8, 4) is 5.75 Å². The van der Waals surface area contributed by atoms with Crippen LogP contribution in [0.1, 0.15) is 32.9 Å². The highest BCUT2D eigenvalue weighted by molar-refractivity contribution is 6.31. The second kappa shape index (κ2) is 8.18. The van der Waals surface area contributed by atoms with Crippen molar-refractivity contribution in [2.75, 3.05) is 7.11 Å². The van der Waals surface area contributed by atoms with E-state index in [-0.39, 0.29) is 5.78 Å². The van der Waals surface area contributed by atoms with Gasteiger partial charge in [-0.15, -0.1) is 0 Å². The molecule has 1 aromatic carbocycles. The van der Waals surface area contributed by atoms with Crippen molar-refractivity contribution in [2.45, 2.75) is 20.4 Å². The average Bonchev–Trinajstić information content (AvgIpc) is 2.93. The summed E-state index contributed by atoms with van der Waals surface area (Å²) in [6, 6.07) is 9.26. The van der Waals surface area contributed by atoms with Gasteiger partial charge in [-0.3, -0.25) is 14.5 Å². The molecule has 0 fully saturated rings. The number of halogens is 1. The van der Waals surface area contributed by atoms with Gasteiger partial charge >= 0.3 is 0 Å². The zero-order valence-corrected chi connectivity index (χ0v) is 16.2. The Labute approximate surface area is 163 Å². The van der Waals surface area contributed by atoms with Crippen molar-refractivity contribution >= 4 is 23.5 Å². The van der Waals surface area contributed by atoms with Gasteiger partial charge in [-0.2, -0.15) is 5.10 Å². The lowest BCUT2D eigenvalue weighted by Gasteiger charge is -2.11. The fraction of sp³-hybridized carbons (Fsp3) is 0.190. The van der Waals surface area contributed by atoms with Crippen LogP contribution < -0.4 is 4.74 Å². The summed E-state index contributed by atoms with van der Waals surface area (Å²) in [5, 5.41) is 5.15. The van der Waals surface area contributed by atoms with E-state index in [1.54, 1.807) is 43.8 Å². The van der Waals surface area contributed by atoms with Crippen LogP contribution >= 0.6 is 11.6 Å². The van der Waals surface area contributed by atoms with E-state index in [0.717, 1.165) is 28.3 Å². The second-order valence-corrected chi connectivity index (χ2v) is 6.53. The van der Waals surface area contributed by atoms with Crippen LogP contribution in [0.15, 0.2) is 48.8 Å². The van der Waals surface area contributed by atoms with Gasteiger partial charge in [-0.1, -0.05) is 23.7 Å². The van der Waals surface area contributed by atoms with E-state index in [4.69, 9.17) is 16.3 Å². The normalized spacial score (nSPS) is 11.1. The van der Waals surface area contributed by atoms with Gasteiger partial charge < -0.3 is 4.74 Å². The Morgan fingerprint density at radius 3 is 2.74 bits per heavy atom. The number of aromatic nitrogens is 3. The molecule has 0 saturated carbocycles. The first-order valence-electron chi connectivity index (χ1n) is 8.48. The number of nitrogens with zero attached hydrogens (tertiary/aromatic N) is 3. The number of pyridine rings is 1. The van der Waals surface area contributed by atoms with Crippen LogP contribution in [-0.4, -0.2) is 27.7 Å². The Morgan fingerprint density at radius 1 is 1.30 bits per heavy atom. The fourth-order valence-electron chi connectivity index (χ4n) is 2.79. The van der Waals surface area contributed by atoms with E-state index in [9.17, 15) is 4.79 Å². The Bertz CT molecular complexity index is 994. The minimum Gasteiger partial charge on any atom is -0.496 e. The third kappa shape index (κ3) is 4.26. The van der Waals surface area contributed by atoms with Crippen LogP contribution in [0, 0.1) is 13.8 Å². The zero-order chi connectivity index (χ0) is 19.4. The molecule has 0 N–H and O–H groups in total. The number of hydrogen-bond acceptors (Lipinski definition) is 4. The van der Waals surface area contributed by atoms with E-state index in [0.29, 0.717) is 17.1 Å². The predicted molar refractivity (Wildman–Crippen MR) is 106 cm³/mol. The number of carbonyl (C=O) groups excluding carboxylic acids is 1. The number of benzene rings is 1. The number of ether oxygens (including phenoxy) is 1. The Balaban J connectivity index is 1.86. The van der Waals surface area contributed by atoms with Crippen LogP contribution in [0.3, 0.4) is 0 Å². The molecule has 5 nitrogen and oxygen atoms in total. The largest absolute Gasteiger partial charge is 0.496 e. The van der Waals surface area contributed by atoms with Crippen LogP contribution in [0.25, 0.3) is 6.08 Å².